The Labute approximate surface area is 193 Å². The molecule has 0 N–H and O–H groups in total. The van der Waals surface area contributed by atoms with Crippen LogP contribution in [0.15, 0.2) is 72.8 Å². The van der Waals surface area contributed by atoms with E-state index in [1.54, 1.807) is 33.3 Å². The van der Waals surface area contributed by atoms with Gasteiger partial charge in [-0.05, 0) is 48.0 Å². The maximum absolute atomic E-state index is 13.5. The molecule has 0 aliphatic carbocycles. The van der Waals surface area contributed by atoms with Crippen LogP contribution in [0.4, 0.5) is 0 Å². The molecule has 33 heavy (non-hydrogen) atoms. The van der Waals surface area contributed by atoms with Crippen LogP contribution < -0.4 is 14.2 Å². The summed E-state index contributed by atoms with van der Waals surface area (Å²) in [5.74, 6) is 1.95. The number of para-hydroxylation sites is 1. The summed E-state index contributed by atoms with van der Waals surface area (Å²) < 4.78 is 16.0. The first-order valence-corrected chi connectivity index (χ1v) is 10.5. The average Bonchev–Trinajstić information content (AvgIpc) is 2.87. The van der Waals surface area contributed by atoms with Gasteiger partial charge in [-0.25, -0.2) is 4.98 Å². The van der Waals surface area contributed by atoms with Gasteiger partial charge < -0.3 is 19.1 Å². The first-order valence-electron chi connectivity index (χ1n) is 10.5. The van der Waals surface area contributed by atoms with E-state index >= 15 is 0 Å². The Morgan fingerprint density at radius 3 is 2.27 bits per heavy atom. The first kappa shape index (κ1) is 22.1. The maximum Gasteiger partial charge on any atom is 0.254 e. The van der Waals surface area contributed by atoms with Crippen molar-refractivity contribution >= 4 is 16.8 Å². The summed E-state index contributed by atoms with van der Waals surface area (Å²) >= 11 is 0. The molecule has 1 aromatic heterocycles. The molecule has 0 fully saturated rings. The lowest BCUT2D eigenvalue weighted by molar-refractivity contribution is 0.0787. The summed E-state index contributed by atoms with van der Waals surface area (Å²) in [7, 11) is 6.63. The second kappa shape index (κ2) is 9.61. The molecular formula is C27H26N2O4. The fraction of sp³-hybridized carbons (Fsp3) is 0.185. The number of ether oxygens (including phenoxy) is 3. The Bertz CT molecular complexity index is 1290. The van der Waals surface area contributed by atoms with Crippen molar-refractivity contribution in [3.8, 4) is 28.5 Å². The number of methoxy groups -OCH3 is 3. The number of hydrogen-bond acceptors (Lipinski definition) is 5. The SMILES string of the molecule is COc1ccc(CN(C)C(=O)c2cc(-c3ccc(OC)c(OC)c3)nc3ccccc23)cc1. The summed E-state index contributed by atoms with van der Waals surface area (Å²) in [6.45, 7) is 0.477. The minimum Gasteiger partial charge on any atom is -0.497 e. The third-order valence-corrected chi connectivity index (χ3v) is 5.55. The summed E-state index contributed by atoms with van der Waals surface area (Å²) in [4.78, 5) is 20.0. The van der Waals surface area contributed by atoms with E-state index in [2.05, 4.69) is 0 Å². The third-order valence-electron chi connectivity index (χ3n) is 5.55. The van der Waals surface area contributed by atoms with E-state index in [1.807, 2.05) is 72.8 Å². The minimum atomic E-state index is -0.0776. The number of amides is 1. The van der Waals surface area contributed by atoms with Crippen LogP contribution in [-0.2, 0) is 6.54 Å². The molecule has 4 aromatic rings. The van der Waals surface area contributed by atoms with Crippen molar-refractivity contribution in [3.05, 3.63) is 83.9 Å². The van der Waals surface area contributed by atoms with Gasteiger partial charge in [0.15, 0.2) is 11.5 Å². The van der Waals surface area contributed by atoms with E-state index < -0.39 is 0 Å². The standard InChI is InChI=1S/C27H26N2O4/c1-29(17-18-9-12-20(31-2)13-10-18)27(30)22-16-24(28-23-8-6-5-7-21(22)23)19-11-14-25(32-3)26(15-19)33-4/h5-16H,17H2,1-4H3. The molecule has 3 aromatic carbocycles. The summed E-state index contributed by atoms with van der Waals surface area (Å²) in [5.41, 5.74) is 3.90. The number of pyridine rings is 1. The van der Waals surface area contributed by atoms with E-state index in [-0.39, 0.29) is 5.91 Å². The zero-order valence-corrected chi connectivity index (χ0v) is 19.2. The van der Waals surface area contributed by atoms with Gasteiger partial charge in [0, 0.05) is 24.5 Å². The largest absolute Gasteiger partial charge is 0.497 e. The minimum absolute atomic E-state index is 0.0776. The number of aromatic nitrogens is 1. The van der Waals surface area contributed by atoms with E-state index in [0.29, 0.717) is 29.3 Å². The molecule has 0 aliphatic heterocycles. The van der Waals surface area contributed by atoms with E-state index in [9.17, 15) is 4.79 Å². The predicted molar refractivity (Wildman–Crippen MR) is 129 cm³/mol. The van der Waals surface area contributed by atoms with Gasteiger partial charge in [-0.3, -0.25) is 4.79 Å². The van der Waals surface area contributed by atoms with Crippen LogP contribution in [0.2, 0.25) is 0 Å². The van der Waals surface area contributed by atoms with Gasteiger partial charge in [-0.15, -0.1) is 0 Å². The summed E-state index contributed by atoms with van der Waals surface area (Å²) in [6.07, 6.45) is 0. The Morgan fingerprint density at radius 2 is 1.58 bits per heavy atom. The van der Waals surface area contributed by atoms with Crippen LogP contribution in [0.3, 0.4) is 0 Å². The molecule has 0 saturated carbocycles. The maximum atomic E-state index is 13.5. The highest BCUT2D eigenvalue weighted by atomic mass is 16.5. The van der Waals surface area contributed by atoms with Crippen molar-refractivity contribution in [2.75, 3.05) is 28.4 Å². The molecule has 6 heteroatoms. The molecule has 6 nitrogen and oxygen atoms in total. The van der Waals surface area contributed by atoms with Crippen LogP contribution in [0.1, 0.15) is 15.9 Å². The van der Waals surface area contributed by atoms with Crippen LogP contribution in [-0.4, -0.2) is 44.2 Å². The number of rotatable bonds is 7. The van der Waals surface area contributed by atoms with Gasteiger partial charge in [-0.2, -0.15) is 0 Å². The quantitative estimate of drug-likeness (QED) is 0.394. The third kappa shape index (κ3) is 4.60. The van der Waals surface area contributed by atoms with Crippen molar-refractivity contribution in [2.45, 2.75) is 6.54 Å². The molecule has 0 spiro atoms. The summed E-state index contributed by atoms with van der Waals surface area (Å²) in [5, 5.41) is 0.813. The van der Waals surface area contributed by atoms with Crippen molar-refractivity contribution in [1.82, 2.24) is 9.88 Å². The first-order chi connectivity index (χ1) is 16.0. The number of carbonyl (C=O) groups is 1. The van der Waals surface area contributed by atoms with Crippen LogP contribution in [0.25, 0.3) is 22.2 Å². The highest BCUT2D eigenvalue weighted by molar-refractivity contribution is 6.07. The van der Waals surface area contributed by atoms with E-state index in [0.717, 1.165) is 27.8 Å². The molecule has 0 bridgehead atoms. The fourth-order valence-corrected chi connectivity index (χ4v) is 3.78. The second-order valence-corrected chi connectivity index (χ2v) is 7.65. The van der Waals surface area contributed by atoms with Crippen molar-refractivity contribution in [1.29, 1.82) is 0 Å². The molecule has 0 saturated heterocycles. The molecule has 0 aliphatic rings. The molecule has 1 heterocycles. The number of hydrogen-bond donors (Lipinski definition) is 0. The zero-order chi connectivity index (χ0) is 23.4. The molecule has 0 radical (unpaired) electrons. The highest BCUT2D eigenvalue weighted by Gasteiger charge is 2.18. The van der Waals surface area contributed by atoms with Gasteiger partial charge >= 0.3 is 0 Å². The van der Waals surface area contributed by atoms with E-state index in [4.69, 9.17) is 19.2 Å². The van der Waals surface area contributed by atoms with E-state index in [1.165, 1.54) is 0 Å². The van der Waals surface area contributed by atoms with Crippen molar-refractivity contribution in [2.24, 2.45) is 0 Å². The van der Waals surface area contributed by atoms with Gasteiger partial charge in [0.1, 0.15) is 5.75 Å². The predicted octanol–water partition coefficient (Wildman–Crippen LogP) is 5.20. The normalized spacial score (nSPS) is 10.7. The van der Waals surface area contributed by atoms with Crippen molar-refractivity contribution in [3.63, 3.8) is 0 Å². The van der Waals surface area contributed by atoms with Gasteiger partial charge in [0.2, 0.25) is 0 Å². The molecule has 4 rings (SSSR count). The second-order valence-electron chi connectivity index (χ2n) is 7.65. The molecule has 0 unspecified atom stereocenters. The van der Waals surface area contributed by atoms with Crippen molar-refractivity contribution < 1.29 is 19.0 Å². The fourth-order valence-electron chi connectivity index (χ4n) is 3.78. The van der Waals surface area contributed by atoms with Gasteiger partial charge in [0.25, 0.3) is 5.91 Å². The number of benzene rings is 3. The van der Waals surface area contributed by atoms with Crippen LogP contribution in [0, 0.1) is 0 Å². The molecule has 168 valence electrons. The lowest BCUT2D eigenvalue weighted by Crippen LogP contribution is -2.26. The molecular weight excluding hydrogens is 416 g/mol. The average molecular weight is 443 g/mol. The molecule has 0 atom stereocenters. The zero-order valence-electron chi connectivity index (χ0n) is 19.2. The lowest BCUT2D eigenvalue weighted by atomic mass is 10.0. The van der Waals surface area contributed by atoms with Gasteiger partial charge in [-0.1, -0.05) is 30.3 Å². The van der Waals surface area contributed by atoms with Crippen LogP contribution >= 0.6 is 0 Å². The topological polar surface area (TPSA) is 60.9 Å². The van der Waals surface area contributed by atoms with Gasteiger partial charge in [0.05, 0.1) is 38.1 Å². The number of fused-ring (bicyclic) bond motifs is 1. The lowest BCUT2D eigenvalue weighted by Gasteiger charge is -2.19. The summed E-state index contributed by atoms with van der Waals surface area (Å²) in [6, 6.07) is 22.8. The Hall–Kier alpha value is -4.06. The van der Waals surface area contributed by atoms with Crippen LogP contribution in [0.5, 0.6) is 17.2 Å². The Kier molecular flexibility index (Phi) is 6.45. The number of nitrogens with zero attached hydrogens (tertiary/aromatic N) is 2. The Balaban J connectivity index is 1.72. The highest BCUT2D eigenvalue weighted by Crippen LogP contribution is 2.33. The Morgan fingerprint density at radius 1 is 0.848 bits per heavy atom. The smallest absolute Gasteiger partial charge is 0.254 e. The number of carbonyl (C=O) groups excluding carboxylic acids is 1. The monoisotopic (exact) mass is 442 g/mol. The molecule has 1 amide bonds.